The summed E-state index contributed by atoms with van der Waals surface area (Å²) in [5.41, 5.74) is 5.64. The molecule has 0 fully saturated rings. The first-order valence-corrected chi connectivity index (χ1v) is 13.4. The quantitative estimate of drug-likeness (QED) is 0.0838. The van der Waals surface area contributed by atoms with Gasteiger partial charge in [-0.3, -0.25) is 0 Å². The molecular formula is C36H25BO4. The molecule has 0 saturated heterocycles. The smallest absolute Gasteiger partial charge is 0.204 e. The zero-order valence-electron chi connectivity index (χ0n) is 22.3. The van der Waals surface area contributed by atoms with Gasteiger partial charge in [0.2, 0.25) is 11.5 Å². The van der Waals surface area contributed by atoms with E-state index in [1.165, 1.54) is 16.3 Å². The van der Waals surface area contributed by atoms with Crippen LogP contribution in [0.2, 0.25) is 0 Å². The Labute approximate surface area is 237 Å². The van der Waals surface area contributed by atoms with Gasteiger partial charge in [0.25, 0.3) is 0 Å². The summed E-state index contributed by atoms with van der Waals surface area (Å²) < 4.78 is 0. The minimum absolute atomic E-state index is 0.278. The van der Waals surface area contributed by atoms with E-state index in [-0.39, 0.29) is 11.0 Å². The summed E-state index contributed by atoms with van der Waals surface area (Å²) in [6, 6.07) is 39.2. The predicted octanol–water partition coefficient (Wildman–Crippen LogP) is 7.23. The maximum absolute atomic E-state index is 11.0. The molecule has 0 aliphatic carbocycles. The number of hydrogen-bond acceptors (Lipinski definition) is 4. The second kappa shape index (κ2) is 9.35. The van der Waals surface area contributed by atoms with E-state index in [4.69, 9.17) is 0 Å². The zero-order chi connectivity index (χ0) is 28.2. The largest absolute Gasteiger partial charge is 0.505 e. The lowest BCUT2D eigenvalue weighted by molar-refractivity contribution is 0.348. The van der Waals surface area contributed by atoms with Crippen molar-refractivity contribution in [3.8, 4) is 56.4 Å². The molecule has 0 spiro atoms. The lowest BCUT2D eigenvalue weighted by Crippen LogP contribution is -2.09. The molecule has 0 aliphatic rings. The summed E-state index contributed by atoms with van der Waals surface area (Å²) in [4.78, 5) is 0. The van der Waals surface area contributed by atoms with Crippen molar-refractivity contribution < 1.29 is 20.4 Å². The Morgan fingerprint density at radius 1 is 0.366 bits per heavy atom. The molecule has 5 heteroatoms. The second-order valence-electron chi connectivity index (χ2n) is 10.3. The molecule has 7 rings (SSSR count). The van der Waals surface area contributed by atoms with Gasteiger partial charge in [0.05, 0.1) is 0 Å². The highest BCUT2D eigenvalue weighted by atomic mass is 16.3. The van der Waals surface area contributed by atoms with Crippen molar-refractivity contribution in [3.63, 3.8) is 0 Å². The van der Waals surface area contributed by atoms with Gasteiger partial charge < -0.3 is 20.4 Å². The summed E-state index contributed by atoms with van der Waals surface area (Å²) >= 11 is 0. The lowest BCUT2D eigenvalue weighted by Gasteiger charge is -2.21. The van der Waals surface area contributed by atoms with Crippen molar-refractivity contribution in [2.45, 2.75) is 0 Å². The average molecular weight is 532 g/mol. The standard InChI is InChI=1S/C36H25BO4/c37-32-31(33(38)35(40)36(41)34(32)39)30-27-13-5-3-11-25(27)29(26-12-4-6-14-28(26)30)22-18-16-21(17-19-22)24-15-7-9-20-8-1-2-10-23(20)24/h1-19,38-41H,37H2. The highest BCUT2D eigenvalue weighted by Crippen LogP contribution is 2.51. The Morgan fingerprint density at radius 2 is 0.829 bits per heavy atom. The Balaban J connectivity index is 1.51. The van der Waals surface area contributed by atoms with Gasteiger partial charge in [0.15, 0.2) is 11.5 Å². The minimum Gasteiger partial charge on any atom is -0.505 e. The predicted molar refractivity (Wildman–Crippen MR) is 170 cm³/mol. The molecule has 4 nitrogen and oxygen atoms in total. The van der Waals surface area contributed by atoms with E-state index in [0.29, 0.717) is 5.56 Å². The summed E-state index contributed by atoms with van der Waals surface area (Å²) in [6.07, 6.45) is 0. The monoisotopic (exact) mass is 532 g/mol. The van der Waals surface area contributed by atoms with E-state index in [9.17, 15) is 20.4 Å². The van der Waals surface area contributed by atoms with Gasteiger partial charge in [-0.2, -0.15) is 0 Å². The van der Waals surface area contributed by atoms with Crippen LogP contribution in [-0.4, -0.2) is 28.3 Å². The van der Waals surface area contributed by atoms with Gasteiger partial charge in [-0.15, -0.1) is 0 Å². The van der Waals surface area contributed by atoms with Crippen molar-refractivity contribution in [2.75, 3.05) is 0 Å². The molecule has 0 heterocycles. The van der Waals surface area contributed by atoms with E-state index in [2.05, 4.69) is 66.7 Å². The van der Waals surface area contributed by atoms with Crippen molar-refractivity contribution in [1.29, 1.82) is 0 Å². The number of hydrogen-bond donors (Lipinski definition) is 4. The summed E-state index contributed by atoms with van der Waals surface area (Å²) in [7, 11) is 1.62. The number of aromatic hydroxyl groups is 4. The number of fused-ring (bicyclic) bond motifs is 3. The van der Waals surface area contributed by atoms with Crippen molar-refractivity contribution in [3.05, 3.63) is 115 Å². The lowest BCUT2D eigenvalue weighted by atomic mass is 9.79. The van der Waals surface area contributed by atoms with Crippen LogP contribution in [0.5, 0.6) is 23.0 Å². The molecule has 7 aromatic carbocycles. The van der Waals surface area contributed by atoms with Crippen molar-refractivity contribution in [2.24, 2.45) is 0 Å². The van der Waals surface area contributed by atoms with Crippen LogP contribution in [0.1, 0.15) is 0 Å². The highest BCUT2D eigenvalue weighted by molar-refractivity contribution is 6.41. The third-order valence-electron chi connectivity index (χ3n) is 8.10. The fourth-order valence-corrected chi connectivity index (χ4v) is 6.12. The van der Waals surface area contributed by atoms with Crippen LogP contribution in [-0.2, 0) is 0 Å². The zero-order valence-corrected chi connectivity index (χ0v) is 22.3. The second-order valence-corrected chi connectivity index (χ2v) is 10.3. The van der Waals surface area contributed by atoms with E-state index in [1.807, 2.05) is 48.5 Å². The fourth-order valence-electron chi connectivity index (χ4n) is 6.12. The Kier molecular flexibility index (Phi) is 5.61. The van der Waals surface area contributed by atoms with Crippen LogP contribution in [0.15, 0.2) is 115 Å². The third kappa shape index (κ3) is 3.70. The molecule has 0 aliphatic heterocycles. The Morgan fingerprint density at radius 3 is 1.44 bits per heavy atom. The molecule has 0 unspecified atom stereocenters. The van der Waals surface area contributed by atoms with Crippen molar-refractivity contribution >= 4 is 45.6 Å². The molecule has 0 amide bonds. The summed E-state index contributed by atoms with van der Waals surface area (Å²) in [6.45, 7) is 0. The van der Waals surface area contributed by atoms with Gasteiger partial charge in [-0.25, -0.2) is 0 Å². The van der Waals surface area contributed by atoms with E-state index >= 15 is 0 Å². The van der Waals surface area contributed by atoms with E-state index in [0.717, 1.165) is 38.2 Å². The first kappa shape index (κ1) is 24.6. The summed E-state index contributed by atoms with van der Waals surface area (Å²) in [5, 5.41) is 48.3. The van der Waals surface area contributed by atoms with Crippen LogP contribution in [0.4, 0.5) is 0 Å². The molecule has 0 saturated carbocycles. The molecule has 196 valence electrons. The first-order valence-electron chi connectivity index (χ1n) is 13.4. The Bertz CT molecular complexity index is 2060. The van der Waals surface area contributed by atoms with Crippen LogP contribution in [0, 0.1) is 0 Å². The SMILES string of the molecule is Bc1c(O)c(O)c(O)c(O)c1-c1c2ccccc2c(-c2ccc(-c3cccc4ccccc34)cc2)c2ccccc12. The third-order valence-corrected chi connectivity index (χ3v) is 8.10. The molecule has 0 radical (unpaired) electrons. The fraction of sp³-hybridized carbons (Fsp3) is 0. The average Bonchev–Trinajstić information content (AvgIpc) is 3.02. The molecule has 0 bridgehead atoms. The number of phenols is 4. The first-order chi connectivity index (χ1) is 20.0. The maximum atomic E-state index is 11.0. The number of benzene rings is 7. The van der Waals surface area contributed by atoms with Gasteiger partial charge >= 0.3 is 0 Å². The van der Waals surface area contributed by atoms with E-state index in [1.54, 1.807) is 7.85 Å². The maximum Gasteiger partial charge on any atom is 0.204 e. The normalized spacial score (nSPS) is 11.4. The molecule has 41 heavy (non-hydrogen) atoms. The van der Waals surface area contributed by atoms with Crippen LogP contribution in [0.25, 0.3) is 65.7 Å². The molecule has 0 aromatic heterocycles. The van der Waals surface area contributed by atoms with Gasteiger partial charge in [0.1, 0.15) is 7.85 Å². The minimum atomic E-state index is -0.746. The molecule has 0 atom stereocenters. The van der Waals surface area contributed by atoms with Crippen LogP contribution in [0.3, 0.4) is 0 Å². The topological polar surface area (TPSA) is 80.9 Å². The molecular weight excluding hydrogens is 507 g/mol. The molecule has 4 N–H and O–H groups in total. The van der Waals surface area contributed by atoms with Crippen molar-refractivity contribution in [1.82, 2.24) is 0 Å². The molecule has 7 aromatic rings. The van der Waals surface area contributed by atoms with Gasteiger partial charge in [-0.05, 0) is 60.0 Å². The highest BCUT2D eigenvalue weighted by Gasteiger charge is 2.25. The van der Waals surface area contributed by atoms with Crippen LogP contribution < -0.4 is 5.46 Å². The van der Waals surface area contributed by atoms with Gasteiger partial charge in [-0.1, -0.05) is 115 Å². The number of rotatable bonds is 3. The van der Waals surface area contributed by atoms with Gasteiger partial charge in [0, 0.05) is 11.1 Å². The summed E-state index contributed by atoms with van der Waals surface area (Å²) in [5.74, 6) is -2.42. The number of phenolic OH excluding ortho intramolecular Hbond substituents is 4. The Hall–Kier alpha value is -5.42. The van der Waals surface area contributed by atoms with Crippen LogP contribution >= 0.6 is 0 Å². The van der Waals surface area contributed by atoms with E-state index < -0.39 is 23.0 Å².